The largest absolute Gasteiger partial charge is 0.417 e. The van der Waals surface area contributed by atoms with Crippen LogP contribution in [0.3, 0.4) is 0 Å². The molecule has 0 spiro atoms. The lowest BCUT2D eigenvalue weighted by Crippen LogP contribution is -2.37. The van der Waals surface area contributed by atoms with E-state index in [1.807, 2.05) is 0 Å². The van der Waals surface area contributed by atoms with E-state index in [0.717, 1.165) is 6.07 Å². The predicted octanol–water partition coefficient (Wildman–Crippen LogP) is 2.48. The van der Waals surface area contributed by atoms with Gasteiger partial charge in [-0.3, -0.25) is 4.79 Å². The molecule has 1 unspecified atom stereocenters. The molecule has 0 radical (unpaired) electrons. The quantitative estimate of drug-likeness (QED) is 0.847. The number of nitrogens with one attached hydrogen (secondary N) is 2. The van der Waals surface area contributed by atoms with Crippen LogP contribution in [0.25, 0.3) is 0 Å². The molecule has 2 aliphatic rings. The number of hydrazone groups is 1. The van der Waals surface area contributed by atoms with Crippen molar-refractivity contribution in [2.24, 2.45) is 5.10 Å². The molecule has 0 bridgehead atoms. The van der Waals surface area contributed by atoms with E-state index in [2.05, 4.69) is 25.7 Å². The third-order valence-corrected chi connectivity index (χ3v) is 4.11. The van der Waals surface area contributed by atoms with E-state index in [1.54, 1.807) is 6.08 Å². The van der Waals surface area contributed by atoms with E-state index in [4.69, 9.17) is 0 Å². The number of benzene rings is 1. The molecule has 4 rings (SSSR count). The summed E-state index contributed by atoms with van der Waals surface area (Å²) in [6.07, 6.45) is 3.79. The van der Waals surface area contributed by atoms with Gasteiger partial charge in [0.2, 0.25) is 0 Å². The molecule has 0 aliphatic carbocycles. The number of rotatable bonds is 3. The molecule has 0 saturated heterocycles. The second-order valence-electron chi connectivity index (χ2n) is 5.95. The van der Waals surface area contributed by atoms with Crippen molar-refractivity contribution >= 4 is 17.3 Å². The van der Waals surface area contributed by atoms with Crippen LogP contribution in [0.5, 0.6) is 0 Å². The van der Waals surface area contributed by atoms with Crippen LogP contribution < -0.4 is 10.6 Å². The second-order valence-corrected chi connectivity index (χ2v) is 5.95. The van der Waals surface area contributed by atoms with Crippen molar-refractivity contribution in [1.29, 1.82) is 0 Å². The Morgan fingerprint density at radius 3 is 2.68 bits per heavy atom. The number of hydrogen-bond acceptors (Lipinski definition) is 6. The Kier molecular flexibility index (Phi) is 4.30. The van der Waals surface area contributed by atoms with Crippen molar-refractivity contribution in [1.82, 2.24) is 20.3 Å². The number of nitrogens with zero attached hydrogens (tertiary/aromatic N) is 4. The molecule has 1 aromatic carbocycles. The number of allylic oxidation sites excluding steroid dienone is 1. The van der Waals surface area contributed by atoms with E-state index in [0.29, 0.717) is 5.69 Å². The summed E-state index contributed by atoms with van der Waals surface area (Å²) in [5.41, 5.74) is -0.209. The first-order valence-corrected chi connectivity index (χ1v) is 8.19. The molecule has 1 amide bonds. The lowest BCUT2D eigenvalue weighted by atomic mass is 10.0. The summed E-state index contributed by atoms with van der Waals surface area (Å²) in [5, 5.41) is 11.2. The lowest BCUT2D eigenvalue weighted by Gasteiger charge is -2.26. The average Bonchev–Trinajstić information content (AvgIpc) is 3.11. The summed E-state index contributed by atoms with van der Waals surface area (Å²) >= 11 is 0. The highest BCUT2D eigenvalue weighted by Gasteiger charge is 2.36. The molecule has 0 saturated carbocycles. The maximum atomic E-state index is 13.3. The SMILES string of the molecule is O=C(Nc1cncnc1)C1=CNC2C=CC(c3ccccc3C(F)(F)F)=NN12. The van der Waals surface area contributed by atoms with Gasteiger partial charge in [-0.2, -0.15) is 18.3 Å². The van der Waals surface area contributed by atoms with Gasteiger partial charge in [0, 0.05) is 11.8 Å². The molecule has 2 N–H and O–H groups in total. The molecule has 28 heavy (non-hydrogen) atoms. The van der Waals surface area contributed by atoms with Crippen LogP contribution in [-0.2, 0) is 11.0 Å². The van der Waals surface area contributed by atoms with E-state index < -0.39 is 23.8 Å². The van der Waals surface area contributed by atoms with E-state index in [9.17, 15) is 18.0 Å². The van der Waals surface area contributed by atoms with Gasteiger partial charge in [0.25, 0.3) is 5.91 Å². The standard InChI is InChI=1S/C18H13F3N6O/c19-18(20,21)13-4-2-1-3-12(13)14-5-6-16-24-9-15(27(16)26-14)17(28)25-11-7-22-10-23-8-11/h1-10,16,24H,(H,25,28). The fraction of sp³-hybridized carbons (Fsp3) is 0.111. The fourth-order valence-corrected chi connectivity index (χ4v) is 2.86. The van der Waals surface area contributed by atoms with Gasteiger partial charge in [-0.15, -0.1) is 0 Å². The van der Waals surface area contributed by atoms with Crippen molar-refractivity contribution < 1.29 is 18.0 Å². The zero-order valence-electron chi connectivity index (χ0n) is 14.2. The van der Waals surface area contributed by atoms with Crippen LogP contribution in [0.1, 0.15) is 11.1 Å². The Morgan fingerprint density at radius 1 is 1.18 bits per heavy atom. The highest BCUT2D eigenvalue weighted by molar-refractivity contribution is 6.11. The van der Waals surface area contributed by atoms with Crippen molar-refractivity contribution in [3.05, 3.63) is 78.2 Å². The van der Waals surface area contributed by atoms with Crippen LogP contribution in [-0.4, -0.2) is 32.8 Å². The summed E-state index contributed by atoms with van der Waals surface area (Å²) in [7, 11) is 0. The zero-order valence-corrected chi connectivity index (χ0v) is 14.2. The third kappa shape index (κ3) is 3.31. The number of amides is 1. The summed E-state index contributed by atoms with van der Waals surface area (Å²) < 4.78 is 40.0. The minimum absolute atomic E-state index is 0.0622. The number of halogens is 3. The Balaban J connectivity index is 1.63. The fourth-order valence-electron chi connectivity index (χ4n) is 2.86. The molecular weight excluding hydrogens is 373 g/mol. The lowest BCUT2D eigenvalue weighted by molar-refractivity contribution is -0.137. The molecule has 1 atom stereocenters. The first-order valence-electron chi connectivity index (χ1n) is 8.19. The van der Waals surface area contributed by atoms with Crippen LogP contribution in [0.2, 0.25) is 0 Å². The summed E-state index contributed by atoms with van der Waals surface area (Å²) in [6, 6.07) is 5.17. The smallest absolute Gasteiger partial charge is 0.365 e. The minimum Gasteiger partial charge on any atom is -0.365 e. The van der Waals surface area contributed by atoms with Crippen molar-refractivity contribution in [2.45, 2.75) is 12.3 Å². The highest BCUT2D eigenvalue weighted by Crippen LogP contribution is 2.33. The minimum atomic E-state index is -4.52. The average molecular weight is 386 g/mol. The molecule has 142 valence electrons. The van der Waals surface area contributed by atoms with Crippen LogP contribution >= 0.6 is 0 Å². The third-order valence-electron chi connectivity index (χ3n) is 4.11. The number of fused-ring (bicyclic) bond motifs is 1. The van der Waals surface area contributed by atoms with Crippen molar-refractivity contribution in [3.63, 3.8) is 0 Å². The van der Waals surface area contributed by atoms with Gasteiger partial charge in [-0.25, -0.2) is 15.0 Å². The molecule has 1 aromatic heterocycles. The summed E-state index contributed by atoms with van der Waals surface area (Å²) in [6.45, 7) is 0. The maximum absolute atomic E-state index is 13.3. The van der Waals surface area contributed by atoms with Gasteiger partial charge in [0.1, 0.15) is 18.2 Å². The second kappa shape index (κ2) is 6.80. The molecule has 2 aliphatic heterocycles. The predicted molar refractivity (Wildman–Crippen MR) is 94.6 cm³/mol. The van der Waals surface area contributed by atoms with Gasteiger partial charge in [0.05, 0.1) is 29.4 Å². The summed E-state index contributed by atoms with van der Waals surface area (Å²) in [4.78, 5) is 20.2. The van der Waals surface area contributed by atoms with Gasteiger partial charge in [-0.05, 0) is 18.2 Å². The number of carbonyl (C=O) groups is 1. The van der Waals surface area contributed by atoms with E-state index in [1.165, 1.54) is 54.2 Å². The van der Waals surface area contributed by atoms with Crippen LogP contribution in [0.15, 0.2) is 72.1 Å². The van der Waals surface area contributed by atoms with Gasteiger partial charge in [0.15, 0.2) is 0 Å². The van der Waals surface area contributed by atoms with Crippen molar-refractivity contribution in [2.75, 3.05) is 5.32 Å². The monoisotopic (exact) mass is 386 g/mol. The summed E-state index contributed by atoms with van der Waals surface area (Å²) in [5.74, 6) is -0.493. The molecule has 0 fully saturated rings. The first kappa shape index (κ1) is 17.7. The number of alkyl halides is 3. The molecule has 3 heterocycles. The topological polar surface area (TPSA) is 82.5 Å². The normalized spacial score (nSPS) is 18.1. The van der Waals surface area contributed by atoms with Crippen molar-refractivity contribution in [3.8, 4) is 0 Å². The first-order chi connectivity index (χ1) is 13.4. The Labute approximate surface area is 157 Å². The van der Waals surface area contributed by atoms with Gasteiger partial charge < -0.3 is 10.6 Å². The number of hydrogen-bond donors (Lipinski definition) is 2. The van der Waals surface area contributed by atoms with E-state index in [-0.39, 0.29) is 17.0 Å². The van der Waals surface area contributed by atoms with Gasteiger partial charge in [-0.1, -0.05) is 18.2 Å². The molecular formula is C18H13F3N6O. The van der Waals surface area contributed by atoms with Crippen LogP contribution in [0, 0.1) is 0 Å². The maximum Gasteiger partial charge on any atom is 0.417 e. The zero-order chi connectivity index (χ0) is 19.7. The van der Waals surface area contributed by atoms with Gasteiger partial charge >= 0.3 is 6.18 Å². The Bertz CT molecular complexity index is 1000. The number of aromatic nitrogens is 2. The van der Waals surface area contributed by atoms with E-state index >= 15 is 0 Å². The highest BCUT2D eigenvalue weighted by atomic mass is 19.4. The molecule has 2 aromatic rings. The molecule has 7 nitrogen and oxygen atoms in total. The molecule has 10 heteroatoms. The number of carbonyl (C=O) groups excluding carboxylic acids is 1. The Morgan fingerprint density at radius 2 is 1.93 bits per heavy atom. The van der Waals surface area contributed by atoms with Crippen LogP contribution in [0.4, 0.5) is 18.9 Å². The number of anilines is 1. The Hall–Kier alpha value is -3.69.